The fourth-order valence-electron chi connectivity index (χ4n) is 5.16. The fraction of sp³-hybridized carbons (Fsp3) is 0.481. The van der Waals surface area contributed by atoms with Crippen molar-refractivity contribution in [1.82, 2.24) is 14.8 Å². The largest absolute Gasteiger partial charge is 0.395 e. The molecule has 5 rings (SSSR count). The van der Waals surface area contributed by atoms with E-state index < -0.39 is 0 Å². The summed E-state index contributed by atoms with van der Waals surface area (Å²) in [7, 11) is 0. The lowest BCUT2D eigenvalue weighted by atomic mass is 9.74. The number of aliphatic hydroxyl groups excluding tert-OH is 1. The second-order valence-electron chi connectivity index (χ2n) is 9.33. The lowest BCUT2D eigenvalue weighted by Gasteiger charge is -2.57. The van der Waals surface area contributed by atoms with Crippen molar-refractivity contribution in [3.63, 3.8) is 0 Å². The van der Waals surface area contributed by atoms with Crippen LogP contribution in [0.15, 0.2) is 48.8 Å². The molecule has 0 spiro atoms. The van der Waals surface area contributed by atoms with Crippen molar-refractivity contribution in [2.45, 2.75) is 50.1 Å². The predicted octanol–water partition coefficient (Wildman–Crippen LogP) is 2.84. The summed E-state index contributed by atoms with van der Waals surface area (Å²) >= 11 is 0. The van der Waals surface area contributed by atoms with Gasteiger partial charge in [0.05, 0.1) is 13.0 Å². The number of amides is 1. The predicted molar refractivity (Wildman–Crippen MR) is 124 cm³/mol. The van der Waals surface area contributed by atoms with E-state index in [0.717, 1.165) is 37.1 Å². The molecule has 1 aromatic carbocycles. The van der Waals surface area contributed by atoms with Gasteiger partial charge in [0.2, 0.25) is 5.91 Å². The second-order valence-corrected chi connectivity index (χ2v) is 9.33. The van der Waals surface area contributed by atoms with Crippen LogP contribution in [0.4, 0.5) is 0 Å². The van der Waals surface area contributed by atoms with E-state index in [9.17, 15) is 9.90 Å². The Bertz CT molecular complexity index is 991. The van der Waals surface area contributed by atoms with Gasteiger partial charge in [-0.2, -0.15) is 0 Å². The summed E-state index contributed by atoms with van der Waals surface area (Å²) in [6.45, 7) is 2.65. The maximum Gasteiger partial charge on any atom is 0.227 e. The molecule has 1 N–H and O–H groups in total. The van der Waals surface area contributed by atoms with Gasteiger partial charge in [-0.3, -0.25) is 14.7 Å². The van der Waals surface area contributed by atoms with E-state index >= 15 is 0 Å². The topological polar surface area (TPSA) is 56.7 Å². The van der Waals surface area contributed by atoms with Crippen molar-refractivity contribution in [2.75, 3.05) is 26.2 Å². The van der Waals surface area contributed by atoms with E-state index in [2.05, 4.69) is 46.0 Å². The molecule has 0 radical (unpaired) electrons. The monoisotopic (exact) mass is 429 g/mol. The number of carbonyl (C=O) groups is 1. The molecule has 1 saturated carbocycles. The number of rotatable bonds is 4. The average molecular weight is 430 g/mol. The minimum absolute atomic E-state index is 0.122. The van der Waals surface area contributed by atoms with Gasteiger partial charge < -0.3 is 10.0 Å². The Kier molecular flexibility index (Phi) is 6.25. The van der Waals surface area contributed by atoms with Crippen LogP contribution < -0.4 is 0 Å². The molecule has 32 heavy (non-hydrogen) atoms. The summed E-state index contributed by atoms with van der Waals surface area (Å²) in [5, 5.41) is 10.1. The molecule has 1 aromatic heterocycles. The van der Waals surface area contributed by atoms with Gasteiger partial charge >= 0.3 is 0 Å². The minimum atomic E-state index is 0.122. The van der Waals surface area contributed by atoms with E-state index in [1.54, 1.807) is 12.4 Å². The highest BCUT2D eigenvalue weighted by Gasteiger charge is 2.49. The normalized spacial score (nSPS) is 25.5. The van der Waals surface area contributed by atoms with Gasteiger partial charge in [-0.1, -0.05) is 30.0 Å². The standard InChI is InChI=1S/C27H31N3O2/c31-19-25-27(23-11-9-21(10-12-23)8-7-20-5-6-20)24-18-29(14-1-2-15-30(24)25)26(32)16-22-4-3-13-28-17-22/h3-4,9-13,17,20,24-25,27,31H,1-2,5-6,14-16,18-19H2/t24-,25-,27-/m1/s1. The average Bonchev–Trinajstić information content (AvgIpc) is 3.63. The molecule has 3 heterocycles. The Morgan fingerprint density at radius 2 is 1.94 bits per heavy atom. The van der Waals surface area contributed by atoms with Crippen LogP contribution in [0.1, 0.15) is 48.3 Å². The lowest BCUT2D eigenvalue weighted by Crippen LogP contribution is -2.68. The highest BCUT2D eigenvalue weighted by Crippen LogP contribution is 2.42. The van der Waals surface area contributed by atoms with Crippen molar-refractivity contribution < 1.29 is 9.90 Å². The summed E-state index contributed by atoms with van der Waals surface area (Å²) < 4.78 is 0. The first kappa shape index (κ1) is 21.2. The minimum Gasteiger partial charge on any atom is -0.395 e. The summed E-state index contributed by atoms with van der Waals surface area (Å²) in [6.07, 6.45) is 8.42. The Balaban J connectivity index is 1.32. The summed E-state index contributed by atoms with van der Waals surface area (Å²) in [5.41, 5.74) is 3.25. The second kappa shape index (κ2) is 9.44. The van der Waals surface area contributed by atoms with Crippen LogP contribution in [0.5, 0.6) is 0 Å². The molecular weight excluding hydrogens is 398 g/mol. The Labute approximate surface area is 190 Å². The third-order valence-electron chi connectivity index (χ3n) is 7.09. The molecule has 0 unspecified atom stereocenters. The van der Waals surface area contributed by atoms with Crippen molar-refractivity contribution in [3.05, 3.63) is 65.5 Å². The molecule has 2 aliphatic heterocycles. The SMILES string of the molecule is O=C(Cc1cccnc1)N1CCCCN2[C@H](CO)[C@H](c3ccc(C#CC4CC4)cc3)[C@H]2C1. The third kappa shape index (κ3) is 4.57. The van der Waals surface area contributed by atoms with E-state index in [0.29, 0.717) is 18.9 Å². The third-order valence-corrected chi connectivity index (χ3v) is 7.09. The van der Waals surface area contributed by atoms with Crippen LogP contribution in [-0.2, 0) is 11.2 Å². The number of pyridine rings is 1. The van der Waals surface area contributed by atoms with Crippen molar-refractivity contribution in [3.8, 4) is 11.8 Å². The zero-order valence-corrected chi connectivity index (χ0v) is 18.5. The maximum atomic E-state index is 13.1. The van der Waals surface area contributed by atoms with E-state index in [1.807, 2.05) is 17.0 Å². The smallest absolute Gasteiger partial charge is 0.227 e. The zero-order chi connectivity index (χ0) is 21.9. The molecule has 3 fully saturated rings. The first-order chi connectivity index (χ1) is 15.7. The number of benzene rings is 1. The highest BCUT2D eigenvalue weighted by molar-refractivity contribution is 5.78. The number of hydrogen-bond acceptors (Lipinski definition) is 4. The molecule has 3 aliphatic rings. The van der Waals surface area contributed by atoms with Gasteiger partial charge in [0, 0.05) is 55.0 Å². The van der Waals surface area contributed by atoms with Gasteiger partial charge in [0.25, 0.3) is 0 Å². The van der Waals surface area contributed by atoms with Crippen LogP contribution in [0, 0.1) is 17.8 Å². The number of fused-ring (bicyclic) bond motifs is 1. The van der Waals surface area contributed by atoms with Crippen LogP contribution in [0.3, 0.4) is 0 Å². The zero-order valence-electron chi connectivity index (χ0n) is 18.5. The fourth-order valence-corrected chi connectivity index (χ4v) is 5.16. The Hall–Kier alpha value is -2.68. The molecule has 0 bridgehead atoms. The molecule has 2 aromatic rings. The number of hydrogen-bond donors (Lipinski definition) is 1. The first-order valence-corrected chi connectivity index (χ1v) is 11.9. The van der Waals surface area contributed by atoms with Gasteiger partial charge in [-0.15, -0.1) is 0 Å². The lowest BCUT2D eigenvalue weighted by molar-refractivity contribution is -0.135. The molecule has 2 saturated heterocycles. The molecule has 5 heteroatoms. The quantitative estimate of drug-likeness (QED) is 0.760. The van der Waals surface area contributed by atoms with Crippen LogP contribution in [0.25, 0.3) is 0 Å². The first-order valence-electron chi connectivity index (χ1n) is 11.9. The van der Waals surface area contributed by atoms with E-state index in [-0.39, 0.29) is 30.5 Å². The van der Waals surface area contributed by atoms with Crippen LogP contribution in [0.2, 0.25) is 0 Å². The molecule has 1 aliphatic carbocycles. The number of nitrogens with zero attached hydrogens (tertiary/aromatic N) is 3. The maximum absolute atomic E-state index is 13.1. The van der Waals surface area contributed by atoms with E-state index in [4.69, 9.17) is 0 Å². The number of aromatic nitrogens is 1. The van der Waals surface area contributed by atoms with Gasteiger partial charge in [0.1, 0.15) is 0 Å². The van der Waals surface area contributed by atoms with Crippen molar-refractivity contribution in [2.24, 2.45) is 5.92 Å². The summed E-state index contributed by atoms with van der Waals surface area (Å²) in [5.74, 6) is 7.60. The van der Waals surface area contributed by atoms with E-state index in [1.165, 1.54) is 18.4 Å². The highest BCUT2D eigenvalue weighted by atomic mass is 16.3. The number of aliphatic hydroxyl groups is 1. The molecule has 166 valence electrons. The molecular formula is C27H31N3O2. The van der Waals surface area contributed by atoms with Crippen LogP contribution >= 0.6 is 0 Å². The van der Waals surface area contributed by atoms with Gasteiger partial charge in [-0.25, -0.2) is 0 Å². The molecule has 3 atom stereocenters. The Morgan fingerprint density at radius 1 is 1.12 bits per heavy atom. The van der Waals surface area contributed by atoms with Gasteiger partial charge in [0.15, 0.2) is 0 Å². The van der Waals surface area contributed by atoms with Crippen molar-refractivity contribution in [1.29, 1.82) is 0 Å². The summed E-state index contributed by atoms with van der Waals surface area (Å²) in [6, 6.07) is 12.8. The van der Waals surface area contributed by atoms with Crippen molar-refractivity contribution >= 4 is 5.91 Å². The molecule has 5 nitrogen and oxygen atoms in total. The van der Waals surface area contributed by atoms with Gasteiger partial charge in [-0.05, 0) is 61.6 Å². The Morgan fingerprint density at radius 3 is 2.66 bits per heavy atom. The number of carbonyl (C=O) groups excluding carboxylic acids is 1. The molecule has 1 amide bonds. The summed E-state index contributed by atoms with van der Waals surface area (Å²) in [4.78, 5) is 21.7. The van der Waals surface area contributed by atoms with Crippen LogP contribution in [-0.4, -0.2) is 64.1 Å².